The van der Waals surface area contributed by atoms with Crippen LogP contribution in [-0.2, 0) is 13.0 Å². The fraction of sp³-hybridized carbons (Fsp3) is 0.812. The number of carbonyl (C=O) groups is 1. The van der Waals surface area contributed by atoms with Gasteiger partial charge in [-0.05, 0) is 25.2 Å². The number of carbonyl (C=O) groups excluding carboxylic acids is 1. The smallest absolute Gasteiger partial charge is 0.315 e. The first-order chi connectivity index (χ1) is 10.6. The summed E-state index contributed by atoms with van der Waals surface area (Å²) >= 11 is 0. The Morgan fingerprint density at radius 1 is 1.18 bits per heavy atom. The second-order valence-corrected chi connectivity index (χ2v) is 6.90. The maximum absolute atomic E-state index is 12.3. The van der Waals surface area contributed by atoms with Crippen LogP contribution in [-0.4, -0.2) is 26.8 Å². The highest BCUT2D eigenvalue weighted by Crippen LogP contribution is 2.24. The van der Waals surface area contributed by atoms with Crippen LogP contribution in [0.3, 0.4) is 0 Å². The Morgan fingerprint density at radius 3 is 2.68 bits per heavy atom. The molecule has 0 bridgehead atoms. The fourth-order valence-corrected chi connectivity index (χ4v) is 3.55. The van der Waals surface area contributed by atoms with Gasteiger partial charge in [0.15, 0.2) is 5.82 Å². The molecule has 2 heterocycles. The molecule has 1 aliphatic heterocycles. The van der Waals surface area contributed by atoms with Crippen molar-refractivity contribution in [2.45, 2.75) is 77.4 Å². The molecule has 0 saturated heterocycles. The minimum Gasteiger partial charge on any atom is -0.335 e. The van der Waals surface area contributed by atoms with E-state index in [2.05, 4.69) is 39.2 Å². The minimum atomic E-state index is -0.0806. The van der Waals surface area contributed by atoms with Crippen LogP contribution in [0.25, 0.3) is 0 Å². The van der Waals surface area contributed by atoms with Gasteiger partial charge in [0.2, 0.25) is 0 Å². The number of hydrogen-bond acceptors (Lipinski definition) is 3. The van der Waals surface area contributed by atoms with E-state index in [-0.39, 0.29) is 18.0 Å². The van der Waals surface area contributed by atoms with Crippen LogP contribution in [0, 0.1) is 5.92 Å². The second kappa shape index (κ2) is 6.67. The standard InChI is InChI=1S/C16H27N5O/c1-11(2)14(15-20-19-13-9-6-10-21(13)15)18-16(22)17-12-7-4-3-5-8-12/h11-12,14H,3-10H2,1-2H3,(H2,17,18,22)/t14-/m0/s1. The Bertz CT molecular complexity index is 519. The average Bonchev–Trinajstić information content (AvgIpc) is 3.09. The van der Waals surface area contributed by atoms with Crippen molar-refractivity contribution < 1.29 is 4.79 Å². The molecule has 1 aliphatic carbocycles. The Balaban J connectivity index is 1.65. The third kappa shape index (κ3) is 3.25. The summed E-state index contributed by atoms with van der Waals surface area (Å²) in [6.07, 6.45) is 8.04. The Kier molecular flexibility index (Phi) is 4.64. The van der Waals surface area contributed by atoms with Crippen molar-refractivity contribution in [2.75, 3.05) is 0 Å². The van der Waals surface area contributed by atoms with Gasteiger partial charge in [0.05, 0.1) is 6.04 Å². The molecule has 1 aromatic heterocycles. The maximum atomic E-state index is 12.3. The first-order valence-electron chi connectivity index (χ1n) is 8.64. The summed E-state index contributed by atoms with van der Waals surface area (Å²) in [7, 11) is 0. The molecule has 2 aliphatic rings. The van der Waals surface area contributed by atoms with Crippen molar-refractivity contribution in [3.63, 3.8) is 0 Å². The van der Waals surface area contributed by atoms with Gasteiger partial charge in [-0.15, -0.1) is 10.2 Å². The number of urea groups is 1. The van der Waals surface area contributed by atoms with E-state index >= 15 is 0 Å². The van der Waals surface area contributed by atoms with Gasteiger partial charge in [0.1, 0.15) is 5.82 Å². The number of aryl methyl sites for hydroxylation is 1. The van der Waals surface area contributed by atoms with E-state index in [4.69, 9.17) is 0 Å². The van der Waals surface area contributed by atoms with Gasteiger partial charge in [0.25, 0.3) is 0 Å². The van der Waals surface area contributed by atoms with Crippen LogP contribution in [0.5, 0.6) is 0 Å². The van der Waals surface area contributed by atoms with Gasteiger partial charge in [-0.25, -0.2) is 4.79 Å². The van der Waals surface area contributed by atoms with Crippen molar-refractivity contribution in [2.24, 2.45) is 5.92 Å². The third-order valence-electron chi connectivity index (χ3n) is 4.81. The molecule has 1 aromatic rings. The van der Waals surface area contributed by atoms with Crippen molar-refractivity contribution in [1.29, 1.82) is 0 Å². The molecule has 0 aromatic carbocycles. The van der Waals surface area contributed by atoms with Crippen molar-refractivity contribution in [3.8, 4) is 0 Å². The van der Waals surface area contributed by atoms with E-state index < -0.39 is 0 Å². The summed E-state index contributed by atoms with van der Waals surface area (Å²) in [4.78, 5) is 12.3. The van der Waals surface area contributed by atoms with Crippen LogP contribution in [0.2, 0.25) is 0 Å². The highest BCUT2D eigenvalue weighted by atomic mass is 16.2. The lowest BCUT2D eigenvalue weighted by Gasteiger charge is -2.26. The van der Waals surface area contributed by atoms with Crippen LogP contribution in [0.4, 0.5) is 4.79 Å². The zero-order valence-electron chi connectivity index (χ0n) is 13.6. The first-order valence-corrected chi connectivity index (χ1v) is 8.64. The zero-order valence-corrected chi connectivity index (χ0v) is 13.6. The highest BCUT2D eigenvalue weighted by molar-refractivity contribution is 5.74. The number of amides is 2. The summed E-state index contributed by atoms with van der Waals surface area (Å²) in [6.45, 7) is 5.19. The molecular weight excluding hydrogens is 278 g/mol. The number of nitrogens with one attached hydrogen (secondary N) is 2. The molecular formula is C16H27N5O. The fourth-order valence-electron chi connectivity index (χ4n) is 3.55. The first kappa shape index (κ1) is 15.3. The predicted octanol–water partition coefficient (Wildman–Crippen LogP) is 2.55. The SMILES string of the molecule is CC(C)[C@H](NC(=O)NC1CCCCC1)c1nnc2n1CCC2. The number of aromatic nitrogens is 3. The number of fused-ring (bicyclic) bond motifs is 1. The lowest BCUT2D eigenvalue weighted by molar-refractivity contribution is 0.223. The van der Waals surface area contributed by atoms with Crippen LogP contribution in [0.15, 0.2) is 0 Å². The molecule has 2 amide bonds. The lowest BCUT2D eigenvalue weighted by Crippen LogP contribution is -2.45. The average molecular weight is 305 g/mol. The van der Waals surface area contributed by atoms with Crippen molar-refractivity contribution in [3.05, 3.63) is 11.6 Å². The molecule has 6 nitrogen and oxygen atoms in total. The molecule has 1 fully saturated rings. The summed E-state index contributed by atoms with van der Waals surface area (Å²) in [5.74, 6) is 2.24. The normalized spacial score (nSPS) is 20.0. The molecule has 0 radical (unpaired) electrons. The summed E-state index contributed by atoms with van der Waals surface area (Å²) in [5, 5.41) is 14.8. The number of rotatable bonds is 4. The van der Waals surface area contributed by atoms with Crippen LogP contribution >= 0.6 is 0 Å². The van der Waals surface area contributed by atoms with Crippen LogP contribution < -0.4 is 10.6 Å². The topological polar surface area (TPSA) is 71.8 Å². The minimum absolute atomic E-state index is 0.0686. The quantitative estimate of drug-likeness (QED) is 0.898. The monoisotopic (exact) mass is 305 g/mol. The molecule has 0 unspecified atom stereocenters. The molecule has 122 valence electrons. The van der Waals surface area contributed by atoms with Crippen LogP contribution in [0.1, 0.15) is 70.1 Å². The molecule has 1 atom stereocenters. The van der Waals surface area contributed by atoms with Gasteiger partial charge >= 0.3 is 6.03 Å². The van der Waals surface area contributed by atoms with Gasteiger partial charge in [-0.2, -0.15) is 0 Å². The van der Waals surface area contributed by atoms with E-state index in [1.54, 1.807) is 0 Å². The van der Waals surface area contributed by atoms with E-state index in [1.807, 2.05) is 0 Å². The number of hydrogen-bond donors (Lipinski definition) is 2. The Morgan fingerprint density at radius 2 is 1.95 bits per heavy atom. The Hall–Kier alpha value is -1.59. The van der Waals surface area contributed by atoms with E-state index in [0.717, 1.165) is 43.9 Å². The molecule has 22 heavy (non-hydrogen) atoms. The largest absolute Gasteiger partial charge is 0.335 e. The third-order valence-corrected chi connectivity index (χ3v) is 4.81. The van der Waals surface area contributed by atoms with Crippen molar-refractivity contribution >= 4 is 6.03 Å². The lowest BCUT2D eigenvalue weighted by atomic mass is 9.96. The molecule has 2 N–H and O–H groups in total. The Labute approximate surface area is 132 Å². The molecule has 0 spiro atoms. The van der Waals surface area contributed by atoms with Gasteiger partial charge < -0.3 is 15.2 Å². The molecule has 6 heteroatoms. The van der Waals surface area contributed by atoms with Gasteiger partial charge in [0, 0.05) is 19.0 Å². The highest BCUT2D eigenvalue weighted by Gasteiger charge is 2.28. The predicted molar refractivity (Wildman–Crippen MR) is 84.5 cm³/mol. The zero-order chi connectivity index (χ0) is 15.5. The van der Waals surface area contributed by atoms with Gasteiger partial charge in [-0.1, -0.05) is 33.1 Å². The molecule has 3 rings (SSSR count). The van der Waals surface area contributed by atoms with Gasteiger partial charge in [-0.3, -0.25) is 0 Å². The summed E-state index contributed by atoms with van der Waals surface area (Å²) < 4.78 is 2.17. The summed E-state index contributed by atoms with van der Waals surface area (Å²) in [6, 6.07) is 0.176. The summed E-state index contributed by atoms with van der Waals surface area (Å²) in [5.41, 5.74) is 0. The number of nitrogens with zero attached hydrogens (tertiary/aromatic N) is 3. The van der Waals surface area contributed by atoms with E-state index in [1.165, 1.54) is 19.3 Å². The van der Waals surface area contributed by atoms with E-state index in [9.17, 15) is 4.79 Å². The maximum Gasteiger partial charge on any atom is 0.315 e. The second-order valence-electron chi connectivity index (χ2n) is 6.90. The van der Waals surface area contributed by atoms with Crippen molar-refractivity contribution in [1.82, 2.24) is 25.4 Å². The molecule has 1 saturated carbocycles. The van der Waals surface area contributed by atoms with E-state index in [0.29, 0.717) is 6.04 Å².